The zero-order valence-electron chi connectivity index (χ0n) is 14.4. The second-order valence-electron chi connectivity index (χ2n) is 5.88. The number of amides is 1. The predicted molar refractivity (Wildman–Crippen MR) is 103 cm³/mol. The van der Waals surface area contributed by atoms with Crippen molar-refractivity contribution in [2.45, 2.75) is 13.0 Å². The lowest BCUT2D eigenvalue weighted by Crippen LogP contribution is -2.29. The zero-order chi connectivity index (χ0) is 17.6. The van der Waals surface area contributed by atoms with Crippen molar-refractivity contribution >= 4 is 17.2 Å². The fourth-order valence-electron chi connectivity index (χ4n) is 2.80. The van der Waals surface area contributed by atoms with Crippen LogP contribution in [0.25, 0.3) is 11.1 Å². The van der Waals surface area contributed by atoms with Crippen LogP contribution in [0.15, 0.2) is 65.4 Å². The van der Waals surface area contributed by atoms with E-state index in [4.69, 9.17) is 4.74 Å². The van der Waals surface area contributed by atoms with Crippen molar-refractivity contribution in [2.24, 2.45) is 0 Å². The lowest BCUT2D eigenvalue weighted by molar-refractivity contribution is 0.0826. The molecule has 1 heterocycles. The lowest BCUT2D eigenvalue weighted by Gasteiger charge is -2.18. The minimum atomic E-state index is -0.157. The molecule has 0 aliphatic heterocycles. The minimum absolute atomic E-state index is 0.0903. The highest BCUT2D eigenvalue weighted by atomic mass is 32.1. The third-order valence-electron chi connectivity index (χ3n) is 4.27. The normalized spacial score (nSPS) is 11.9. The van der Waals surface area contributed by atoms with Crippen LogP contribution in [0, 0.1) is 6.92 Å². The molecule has 1 atom stereocenters. The minimum Gasteiger partial charge on any atom is -0.375 e. The van der Waals surface area contributed by atoms with Crippen molar-refractivity contribution in [3.8, 4) is 11.1 Å². The Morgan fingerprint density at radius 1 is 1.08 bits per heavy atom. The second-order valence-corrected chi connectivity index (χ2v) is 6.66. The van der Waals surface area contributed by atoms with Gasteiger partial charge in [0.15, 0.2) is 0 Å². The first-order chi connectivity index (χ1) is 12.2. The first-order valence-electron chi connectivity index (χ1n) is 8.18. The van der Waals surface area contributed by atoms with Crippen molar-refractivity contribution in [3.05, 3.63) is 82.0 Å². The summed E-state index contributed by atoms with van der Waals surface area (Å²) in [6, 6.07) is 17.8. The van der Waals surface area contributed by atoms with E-state index < -0.39 is 0 Å². The average Bonchev–Trinajstić information content (AvgIpc) is 3.18. The van der Waals surface area contributed by atoms with Gasteiger partial charge in [-0.15, -0.1) is 0 Å². The topological polar surface area (TPSA) is 38.3 Å². The maximum atomic E-state index is 12.4. The SMILES string of the molecule is COC(CNC(=O)c1ccc(-c2ccsc2)cc1)c1ccccc1C. The predicted octanol–water partition coefficient (Wildman–Crippen LogP) is 4.84. The molecule has 3 rings (SSSR count). The van der Waals surface area contributed by atoms with E-state index in [1.807, 2.05) is 60.8 Å². The molecule has 0 aliphatic rings. The average molecular weight is 351 g/mol. The summed E-state index contributed by atoms with van der Waals surface area (Å²) < 4.78 is 5.56. The first-order valence-corrected chi connectivity index (χ1v) is 9.12. The van der Waals surface area contributed by atoms with Crippen LogP contribution in [0.4, 0.5) is 0 Å². The number of rotatable bonds is 6. The maximum absolute atomic E-state index is 12.4. The Bertz CT molecular complexity index is 825. The standard InChI is InChI=1S/C21H21NO2S/c1-15-5-3-4-6-19(15)20(24-2)13-22-21(23)17-9-7-16(8-10-17)18-11-12-25-14-18/h3-12,14,20H,13H2,1-2H3,(H,22,23). The Hall–Kier alpha value is -2.43. The number of carbonyl (C=O) groups excluding carboxylic acids is 1. The summed E-state index contributed by atoms with van der Waals surface area (Å²) in [5.41, 5.74) is 5.20. The molecule has 0 aliphatic carbocycles. The Labute approximate surface area is 152 Å². The molecule has 1 aromatic heterocycles. The molecule has 4 heteroatoms. The van der Waals surface area contributed by atoms with Crippen LogP contribution in [0.3, 0.4) is 0 Å². The van der Waals surface area contributed by atoms with E-state index in [-0.39, 0.29) is 12.0 Å². The molecule has 128 valence electrons. The molecule has 0 bridgehead atoms. The van der Waals surface area contributed by atoms with Gasteiger partial charge in [-0.3, -0.25) is 4.79 Å². The molecule has 1 N–H and O–H groups in total. The molecular formula is C21H21NO2S. The highest BCUT2D eigenvalue weighted by Gasteiger charge is 2.14. The van der Waals surface area contributed by atoms with Gasteiger partial charge in [-0.05, 0) is 58.1 Å². The number of thiophene rings is 1. The van der Waals surface area contributed by atoms with Crippen LogP contribution in [-0.2, 0) is 4.74 Å². The number of hydrogen-bond acceptors (Lipinski definition) is 3. The van der Waals surface area contributed by atoms with Gasteiger partial charge in [0, 0.05) is 19.2 Å². The molecule has 2 aromatic carbocycles. The molecule has 1 unspecified atom stereocenters. The van der Waals surface area contributed by atoms with Gasteiger partial charge in [0.1, 0.15) is 0 Å². The molecule has 0 fully saturated rings. The number of carbonyl (C=O) groups is 1. The summed E-state index contributed by atoms with van der Waals surface area (Å²) in [6.45, 7) is 2.48. The molecule has 3 aromatic rings. The molecule has 0 saturated heterocycles. The Morgan fingerprint density at radius 3 is 2.48 bits per heavy atom. The highest BCUT2D eigenvalue weighted by Crippen LogP contribution is 2.23. The molecule has 0 radical (unpaired) electrons. The van der Waals surface area contributed by atoms with Gasteiger partial charge in [0.05, 0.1) is 6.10 Å². The lowest BCUT2D eigenvalue weighted by atomic mass is 10.0. The van der Waals surface area contributed by atoms with E-state index in [1.165, 1.54) is 5.56 Å². The Kier molecular flexibility index (Phi) is 5.64. The quantitative estimate of drug-likeness (QED) is 0.690. The van der Waals surface area contributed by atoms with Crippen LogP contribution in [0.2, 0.25) is 0 Å². The van der Waals surface area contributed by atoms with Crippen molar-refractivity contribution in [3.63, 3.8) is 0 Å². The van der Waals surface area contributed by atoms with Crippen LogP contribution < -0.4 is 5.32 Å². The first kappa shape index (κ1) is 17.4. The summed E-state index contributed by atoms with van der Waals surface area (Å²) in [7, 11) is 1.67. The number of ether oxygens (including phenoxy) is 1. The fraction of sp³-hybridized carbons (Fsp3) is 0.190. The number of aryl methyl sites for hydroxylation is 1. The largest absolute Gasteiger partial charge is 0.375 e. The molecule has 0 spiro atoms. The van der Waals surface area contributed by atoms with E-state index >= 15 is 0 Å². The number of methoxy groups -OCH3 is 1. The number of nitrogens with one attached hydrogen (secondary N) is 1. The van der Waals surface area contributed by atoms with Crippen molar-refractivity contribution in [1.29, 1.82) is 0 Å². The van der Waals surface area contributed by atoms with Gasteiger partial charge < -0.3 is 10.1 Å². The second kappa shape index (κ2) is 8.10. The third kappa shape index (κ3) is 4.16. The Morgan fingerprint density at radius 2 is 1.84 bits per heavy atom. The van der Waals surface area contributed by atoms with Crippen molar-refractivity contribution in [1.82, 2.24) is 5.32 Å². The van der Waals surface area contributed by atoms with Crippen LogP contribution in [0.5, 0.6) is 0 Å². The molecular weight excluding hydrogens is 330 g/mol. The van der Waals surface area contributed by atoms with E-state index in [9.17, 15) is 4.79 Å². The Balaban J connectivity index is 1.65. The van der Waals surface area contributed by atoms with Gasteiger partial charge >= 0.3 is 0 Å². The van der Waals surface area contributed by atoms with E-state index in [1.54, 1.807) is 18.4 Å². The summed E-state index contributed by atoms with van der Waals surface area (Å²) in [5.74, 6) is -0.0903. The number of hydrogen-bond donors (Lipinski definition) is 1. The van der Waals surface area contributed by atoms with Gasteiger partial charge in [-0.2, -0.15) is 11.3 Å². The zero-order valence-corrected chi connectivity index (χ0v) is 15.2. The van der Waals surface area contributed by atoms with Gasteiger partial charge in [-0.25, -0.2) is 0 Å². The van der Waals surface area contributed by atoms with Crippen molar-refractivity contribution in [2.75, 3.05) is 13.7 Å². The summed E-state index contributed by atoms with van der Waals surface area (Å²) in [6.07, 6.45) is -0.157. The molecule has 1 amide bonds. The van der Waals surface area contributed by atoms with Gasteiger partial charge in [-0.1, -0.05) is 36.4 Å². The van der Waals surface area contributed by atoms with Gasteiger partial charge in [0.2, 0.25) is 0 Å². The van der Waals surface area contributed by atoms with Crippen molar-refractivity contribution < 1.29 is 9.53 Å². The summed E-state index contributed by atoms with van der Waals surface area (Å²) in [5, 5.41) is 7.11. The maximum Gasteiger partial charge on any atom is 0.251 e. The highest BCUT2D eigenvalue weighted by molar-refractivity contribution is 7.08. The van der Waals surface area contributed by atoms with Gasteiger partial charge in [0.25, 0.3) is 5.91 Å². The van der Waals surface area contributed by atoms with Crippen LogP contribution in [-0.4, -0.2) is 19.6 Å². The fourth-order valence-corrected chi connectivity index (χ4v) is 3.46. The molecule has 3 nitrogen and oxygen atoms in total. The third-order valence-corrected chi connectivity index (χ3v) is 4.95. The van der Waals surface area contributed by atoms with Crippen LogP contribution in [0.1, 0.15) is 27.6 Å². The summed E-state index contributed by atoms with van der Waals surface area (Å²) in [4.78, 5) is 12.4. The molecule has 0 saturated carbocycles. The summed E-state index contributed by atoms with van der Waals surface area (Å²) >= 11 is 1.66. The molecule has 25 heavy (non-hydrogen) atoms. The monoisotopic (exact) mass is 351 g/mol. The van der Waals surface area contributed by atoms with E-state index in [0.29, 0.717) is 12.1 Å². The van der Waals surface area contributed by atoms with E-state index in [2.05, 4.69) is 16.8 Å². The van der Waals surface area contributed by atoms with Crippen LogP contribution >= 0.6 is 11.3 Å². The smallest absolute Gasteiger partial charge is 0.251 e. The van der Waals surface area contributed by atoms with E-state index in [0.717, 1.165) is 16.7 Å². The number of benzene rings is 2.